The number of para-hydroxylation sites is 1. The number of piperazine rings is 1. The van der Waals surface area contributed by atoms with Crippen molar-refractivity contribution in [3.63, 3.8) is 0 Å². The van der Waals surface area contributed by atoms with Gasteiger partial charge < -0.3 is 19.9 Å². The Balaban J connectivity index is 1.65. The molecule has 2 aromatic rings. The number of ether oxygens (including phenoxy) is 1. The van der Waals surface area contributed by atoms with Crippen molar-refractivity contribution >= 4 is 17.5 Å². The number of nitrogens with one attached hydrogen (secondary N) is 2. The van der Waals surface area contributed by atoms with Crippen molar-refractivity contribution in [1.82, 2.24) is 4.90 Å². The Morgan fingerprint density at radius 2 is 1.82 bits per heavy atom. The molecule has 6 nitrogen and oxygen atoms in total. The lowest BCUT2D eigenvalue weighted by atomic mass is 10.1. The number of carbonyl (C=O) groups excluding carboxylic acids is 2. The van der Waals surface area contributed by atoms with Crippen LogP contribution >= 0.6 is 0 Å². The molecule has 3 rings (SSSR count). The second kappa shape index (κ2) is 8.89. The number of rotatable bonds is 5. The minimum Gasteiger partial charge on any atom is -0.483 e. The van der Waals surface area contributed by atoms with Gasteiger partial charge >= 0.3 is 0 Å². The fraction of sp³-hybridized carbons (Fsp3) is 0.364. The van der Waals surface area contributed by atoms with Gasteiger partial charge in [0.1, 0.15) is 5.75 Å². The van der Waals surface area contributed by atoms with E-state index < -0.39 is 0 Å². The summed E-state index contributed by atoms with van der Waals surface area (Å²) in [4.78, 5) is 28.6. The van der Waals surface area contributed by atoms with Gasteiger partial charge in [-0.25, -0.2) is 0 Å². The fourth-order valence-corrected chi connectivity index (χ4v) is 3.23. The van der Waals surface area contributed by atoms with Crippen LogP contribution in [0.4, 0.5) is 5.69 Å². The van der Waals surface area contributed by atoms with Crippen molar-refractivity contribution in [2.75, 3.05) is 45.2 Å². The maximum Gasteiger partial charge on any atom is 0.262 e. The average Bonchev–Trinajstić information content (AvgIpc) is 2.69. The molecule has 0 bridgehead atoms. The molecular weight excluding hydrogens is 354 g/mol. The highest BCUT2D eigenvalue weighted by Gasteiger charge is 2.24. The summed E-state index contributed by atoms with van der Waals surface area (Å²) in [5.41, 5.74) is 3.09. The molecule has 1 aliphatic rings. The third kappa shape index (κ3) is 4.89. The normalized spacial score (nSPS) is 14.6. The van der Waals surface area contributed by atoms with E-state index in [9.17, 15) is 9.59 Å². The summed E-state index contributed by atoms with van der Waals surface area (Å²) in [6.07, 6.45) is 0. The first-order chi connectivity index (χ1) is 13.4. The molecule has 0 aromatic heterocycles. The molecule has 2 amide bonds. The van der Waals surface area contributed by atoms with Crippen LogP contribution in [0.15, 0.2) is 42.5 Å². The molecule has 1 heterocycles. The first-order valence-corrected chi connectivity index (χ1v) is 9.63. The van der Waals surface area contributed by atoms with Gasteiger partial charge in [-0.05, 0) is 43.2 Å². The van der Waals surface area contributed by atoms with Gasteiger partial charge in [-0.2, -0.15) is 0 Å². The van der Waals surface area contributed by atoms with E-state index >= 15 is 0 Å². The van der Waals surface area contributed by atoms with Crippen LogP contribution in [-0.4, -0.2) is 56.5 Å². The zero-order valence-corrected chi connectivity index (χ0v) is 16.7. The molecule has 0 spiro atoms. The summed E-state index contributed by atoms with van der Waals surface area (Å²) in [5, 5.41) is 2.83. The summed E-state index contributed by atoms with van der Waals surface area (Å²) < 4.78 is 5.67. The number of hydrogen-bond acceptors (Lipinski definition) is 3. The topological polar surface area (TPSA) is 63.1 Å². The minimum absolute atomic E-state index is 0.0427. The van der Waals surface area contributed by atoms with E-state index in [1.165, 1.54) is 4.90 Å². The second-order valence-electron chi connectivity index (χ2n) is 7.40. The molecular formula is C22H28N3O3+. The van der Waals surface area contributed by atoms with Gasteiger partial charge in [0.2, 0.25) is 0 Å². The number of nitrogens with zero attached hydrogens (tertiary/aromatic N) is 1. The standard InChI is InChI=1S/C22H27N3O3/c1-16-8-9-17(2)20(14-16)28-15-21(26)23-19-7-5-4-6-18(19)22(27)25-12-10-24(3)11-13-25/h4-9,14H,10-13,15H2,1-3H3,(H,23,26)/p+1. The fourth-order valence-electron chi connectivity index (χ4n) is 3.23. The summed E-state index contributed by atoms with van der Waals surface area (Å²) in [6, 6.07) is 13.0. The zero-order valence-electron chi connectivity index (χ0n) is 16.7. The number of hydrogen-bond donors (Lipinski definition) is 2. The van der Waals surface area contributed by atoms with Gasteiger partial charge in [0.15, 0.2) is 6.61 Å². The molecule has 2 aromatic carbocycles. The highest BCUT2D eigenvalue weighted by molar-refractivity contribution is 6.04. The van der Waals surface area contributed by atoms with Crippen LogP contribution in [0.3, 0.4) is 0 Å². The van der Waals surface area contributed by atoms with Crippen LogP contribution in [0.5, 0.6) is 5.75 Å². The Kier molecular flexibility index (Phi) is 6.31. The predicted molar refractivity (Wildman–Crippen MR) is 109 cm³/mol. The molecule has 1 saturated heterocycles. The molecule has 28 heavy (non-hydrogen) atoms. The summed E-state index contributed by atoms with van der Waals surface area (Å²) in [6.45, 7) is 7.14. The molecule has 1 aliphatic heterocycles. The maximum absolute atomic E-state index is 12.9. The van der Waals surface area contributed by atoms with Crippen LogP contribution in [0.1, 0.15) is 21.5 Å². The molecule has 0 radical (unpaired) electrons. The smallest absolute Gasteiger partial charge is 0.262 e. The summed E-state index contributed by atoms with van der Waals surface area (Å²) in [7, 11) is 2.13. The Labute approximate surface area is 166 Å². The van der Waals surface area contributed by atoms with Gasteiger partial charge in [-0.15, -0.1) is 0 Å². The van der Waals surface area contributed by atoms with Crippen molar-refractivity contribution in [2.24, 2.45) is 0 Å². The van der Waals surface area contributed by atoms with Crippen LogP contribution in [0, 0.1) is 13.8 Å². The molecule has 0 unspecified atom stereocenters. The molecule has 0 saturated carbocycles. The number of quaternary nitrogens is 1. The quantitative estimate of drug-likeness (QED) is 0.819. The van der Waals surface area contributed by atoms with E-state index in [0.29, 0.717) is 17.0 Å². The Morgan fingerprint density at radius 1 is 1.11 bits per heavy atom. The van der Waals surface area contributed by atoms with E-state index in [1.807, 2.05) is 49.1 Å². The van der Waals surface area contributed by atoms with Gasteiger partial charge in [0.25, 0.3) is 11.8 Å². The largest absolute Gasteiger partial charge is 0.483 e. The van der Waals surface area contributed by atoms with Crippen molar-refractivity contribution < 1.29 is 19.2 Å². The highest BCUT2D eigenvalue weighted by atomic mass is 16.5. The molecule has 148 valence electrons. The van der Waals surface area contributed by atoms with E-state index in [4.69, 9.17) is 4.74 Å². The lowest BCUT2D eigenvalue weighted by Gasteiger charge is -2.30. The Hall–Kier alpha value is -2.86. The number of aryl methyl sites for hydroxylation is 2. The predicted octanol–water partition coefficient (Wildman–Crippen LogP) is 1.29. The number of carbonyl (C=O) groups is 2. The van der Waals surface area contributed by atoms with Crippen LogP contribution < -0.4 is 15.0 Å². The first kappa shape index (κ1) is 19.9. The van der Waals surface area contributed by atoms with Gasteiger partial charge in [-0.1, -0.05) is 24.3 Å². The highest BCUT2D eigenvalue weighted by Crippen LogP contribution is 2.20. The molecule has 1 fully saturated rings. The van der Waals surface area contributed by atoms with Gasteiger partial charge in [-0.3, -0.25) is 9.59 Å². The number of amides is 2. The Morgan fingerprint density at radius 3 is 2.57 bits per heavy atom. The van der Waals surface area contributed by atoms with Crippen molar-refractivity contribution in [1.29, 1.82) is 0 Å². The van der Waals surface area contributed by atoms with Gasteiger partial charge in [0.05, 0.1) is 44.5 Å². The summed E-state index contributed by atoms with van der Waals surface area (Å²) in [5.74, 6) is 0.363. The van der Waals surface area contributed by atoms with Crippen LogP contribution in [0.2, 0.25) is 0 Å². The van der Waals surface area contributed by atoms with Crippen molar-refractivity contribution in [2.45, 2.75) is 13.8 Å². The monoisotopic (exact) mass is 382 g/mol. The molecule has 6 heteroatoms. The van der Waals surface area contributed by atoms with E-state index in [1.54, 1.807) is 12.1 Å². The van der Waals surface area contributed by atoms with Crippen LogP contribution in [0.25, 0.3) is 0 Å². The third-order valence-electron chi connectivity index (χ3n) is 5.04. The zero-order chi connectivity index (χ0) is 20.1. The first-order valence-electron chi connectivity index (χ1n) is 9.63. The van der Waals surface area contributed by atoms with E-state index in [-0.39, 0.29) is 18.4 Å². The summed E-state index contributed by atoms with van der Waals surface area (Å²) >= 11 is 0. The average molecular weight is 382 g/mol. The molecule has 0 aliphatic carbocycles. The van der Waals surface area contributed by atoms with Crippen LogP contribution in [-0.2, 0) is 4.79 Å². The van der Waals surface area contributed by atoms with Gasteiger partial charge in [0, 0.05) is 0 Å². The number of anilines is 1. The van der Waals surface area contributed by atoms with Crippen molar-refractivity contribution in [3.8, 4) is 5.75 Å². The van der Waals surface area contributed by atoms with Crippen molar-refractivity contribution in [3.05, 3.63) is 59.2 Å². The lowest BCUT2D eigenvalue weighted by Crippen LogP contribution is -3.12. The lowest BCUT2D eigenvalue weighted by molar-refractivity contribution is -0.883. The second-order valence-corrected chi connectivity index (χ2v) is 7.40. The number of likely N-dealkylation sites (N-methyl/N-ethyl adjacent to an activating group) is 1. The minimum atomic E-state index is -0.288. The number of benzene rings is 2. The van der Waals surface area contributed by atoms with E-state index in [0.717, 1.165) is 37.3 Å². The molecule has 0 atom stereocenters. The Bertz CT molecular complexity index is 858. The maximum atomic E-state index is 12.9. The SMILES string of the molecule is Cc1ccc(C)c(OCC(=O)Nc2ccccc2C(=O)N2CC[NH+](C)CC2)c1. The third-order valence-corrected chi connectivity index (χ3v) is 5.04. The van der Waals surface area contributed by atoms with E-state index in [2.05, 4.69) is 12.4 Å². The molecule has 2 N–H and O–H groups in total.